The Balaban J connectivity index is 1.63. The normalized spacial score (nSPS) is 16.2. The van der Waals surface area contributed by atoms with Gasteiger partial charge in [0.05, 0.1) is 23.2 Å². The molecule has 21 heavy (non-hydrogen) atoms. The second-order valence-corrected chi connectivity index (χ2v) is 6.21. The summed E-state index contributed by atoms with van der Waals surface area (Å²) in [6.07, 6.45) is 1.91. The van der Waals surface area contributed by atoms with Crippen molar-refractivity contribution in [2.45, 2.75) is 25.6 Å². The molecule has 0 saturated carbocycles. The standard InChI is InChI=1S/C14H22ClN3O2S/c1-2-20-14(19)18-8-6-17(7-9-18)5-3-4-13-16-12(10-15)11-21-13/h11H,2-10H2,1H3. The van der Waals surface area contributed by atoms with E-state index in [0.717, 1.165) is 56.3 Å². The van der Waals surface area contributed by atoms with Gasteiger partial charge in [0.25, 0.3) is 0 Å². The summed E-state index contributed by atoms with van der Waals surface area (Å²) >= 11 is 7.44. The molecule has 1 amide bonds. The van der Waals surface area contributed by atoms with Gasteiger partial charge in [0.1, 0.15) is 0 Å². The van der Waals surface area contributed by atoms with E-state index in [1.807, 2.05) is 12.3 Å². The summed E-state index contributed by atoms with van der Waals surface area (Å²) < 4.78 is 5.02. The molecule has 0 bridgehead atoms. The first-order valence-corrected chi connectivity index (χ1v) is 8.77. The molecule has 0 aliphatic carbocycles. The Morgan fingerprint density at radius 3 is 2.81 bits per heavy atom. The minimum absolute atomic E-state index is 0.187. The lowest BCUT2D eigenvalue weighted by Gasteiger charge is -2.33. The molecular weight excluding hydrogens is 310 g/mol. The quantitative estimate of drug-likeness (QED) is 0.752. The number of aromatic nitrogens is 1. The van der Waals surface area contributed by atoms with Crippen LogP contribution in [0.25, 0.3) is 0 Å². The van der Waals surface area contributed by atoms with E-state index in [9.17, 15) is 4.79 Å². The maximum atomic E-state index is 11.6. The summed E-state index contributed by atoms with van der Waals surface area (Å²) in [4.78, 5) is 20.2. The summed E-state index contributed by atoms with van der Waals surface area (Å²) in [6, 6.07) is 0. The van der Waals surface area contributed by atoms with Gasteiger partial charge in [0.15, 0.2) is 0 Å². The van der Waals surface area contributed by atoms with Crippen LogP contribution in [0.3, 0.4) is 0 Å². The van der Waals surface area contributed by atoms with Crippen molar-refractivity contribution in [3.8, 4) is 0 Å². The average Bonchev–Trinajstić information content (AvgIpc) is 2.96. The maximum Gasteiger partial charge on any atom is 0.409 e. The van der Waals surface area contributed by atoms with Crippen LogP contribution in [0.5, 0.6) is 0 Å². The number of rotatable bonds is 6. The lowest BCUT2D eigenvalue weighted by molar-refractivity contribution is 0.0794. The van der Waals surface area contributed by atoms with E-state index >= 15 is 0 Å². The molecule has 1 fully saturated rings. The highest BCUT2D eigenvalue weighted by Gasteiger charge is 2.21. The van der Waals surface area contributed by atoms with Crippen LogP contribution in [-0.2, 0) is 17.0 Å². The molecule has 1 aromatic rings. The van der Waals surface area contributed by atoms with Crippen LogP contribution in [-0.4, -0.2) is 60.2 Å². The fraction of sp³-hybridized carbons (Fsp3) is 0.714. The Kier molecular flexibility index (Phi) is 6.73. The number of carbonyl (C=O) groups is 1. The summed E-state index contributed by atoms with van der Waals surface area (Å²) in [5.41, 5.74) is 0.972. The molecule has 2 rings (SSSR count). The van der Waals surface area contributed by atoms with Crippen molar-refractivity contribution in [3.05, 3.63) is 16.1 Å². The van der Waals surface area contributed by atoms with Gasteiger partial charge in [-0.2, -0.15) is 0 Å². The molecule has 0 aromatic carbocycles. The zero-order chi connectivity index (χ0) is 15.1. The molecular formula is C14H22ClN3O2S. The summed E-state index contributed by atoms with van der Waals surface area (Å²) in [5, 5.41) is 3.19. The second-order valence-electron chi connectivity index (χ2n) is 5.00. The summed E-state index contributed by atoms with van der Waals surface area (Å²) in [5.74, 6) is 0.492. The minimum atomic E-state index is -0.187. The predicted molar refractivity (Wildman–Crippen MR) is 85.0 cm³/mol. The van der Waals surface area contributed by atoms with E-state index in [4.69, 9.17) is 16.3 Å². The summed E-state index contributed by atoms with van der Waals surface area (Å²) in [6.45, 7) is 6.68. The smallest absolute Gasteiger partial charge is 0.409 e. The largest absolute Gasteiger partial charge is 0.450 e. The number of piperazine rings is 1. The number of ether oxygens (including phenoxy) is 1. The van der Waals surface area contributed by atoms with Crippen LogP contribution in [0.15, 0.2) is 5.38 Å². The lowest BCUT2D eigenvalue weighted by atomic mass is 10.2. The van der Waals surface area contributed by atoms with E-state index in [1.54, 1.807) is 16.2 Å². The van der Waals surface area contributed by atoms with E-state index in [1.165, 1.54) is 0 Å². The zero-order valence-electron chi connectivity index (χ0n) is 12.4. The number of thiazole rings is 1. The van der Waals surface area contributed by atoms with E-state index in [-0.39, 0.29) is 6.09 Å². The number of hydrogen-bond donors (Lipinski definition) is 0. The molecule has 1 aromatic heterocycles. The monoisotopic (exact) mass is 331 g/mol. The summed E-state index contributed by atoms with van der Waals surface area (Å²) in [7, 11) is 0. The van der Waals surface area contributed by atoms with E-state index in [0.29, 0.717) is 12.5 Å². The van der Waals surface area contributed by atoms with Crippen LogP contribution in [0.1, 0.15) is 24.0 Å². The van der Waals surface area contributed by atoms with Crippen molar-refractivity contribution in [1.29, 1.82) is 0 Å². The maximum absolute atomic E-state index is 11.6. The van der Waals surface area contributed by atoms with Crippen LogP contribution in [0.4, 0.5) is 4.79 Å². The Hall–Kier alpha value is -0.850. The Labute approximate surface area is 134 Å². The Morgan fingerprint density at radius 1 is 1.43 bits per heavy atom. The highest BCUT2D eigenvalue weighted by molar-refractivity contribution is 7.09. The number of hydrogen-bond acceptors (Lipinski definition) is 5. The van der Waals surface area contributed by atoms with Crippen molar-refractivity contribution in [2.75, 3.05) is 39.3 Å². The van der Waals surface area contributed by atoms with Crippen LogP contribution in [0, 0.1) is 0 Å². The van der Waals surface area contributed by atoms with Crippen molar-refractivity contribution in [1.82, 2.24) is 14.8 Å². The van der Waals surface area contributed by atoms with Crippen LogP contribution >= 0.6 is 22.9 Å². The first-order chi connectivity index (χ1) is 10.2. The van der Waals surface area contributed by atoms with Gasteiger partial charge in [-0.25, -0.2) is 9.78 Å². The third-order valence-corrected chi connectivity index (χ3v) is 4.73. The molecule has 118 valence electrons. The van der Waals surface area contributed by atoms with Crippen LogP contribution in [0.2, 0.25) is 0 Å². The van der Waals surface area contributed by atoms with Gasteiger partial charge in [-0.15, -0.1) is 22.9 Å². The molecule has 0 radical (unpaired) electrons. The molecule has 1 aliphatic heterocycles. The fourth-order valence-electron chi connectivity index (χ4n) is 2.35. The van der Waals surface area contributed by atoms with Gasteiger partial charge in [0.2, 0.25) is 0 Å². The number of nitrogens with zero attached hydrogens (tertiary/aromatic N) is 3. The molecule has 0 unspecified atom stereocenters. The average molecular weight is 332 g/mol. The zero-order valence-corrected chi connectivity index (χ0v) is 14.0. The third kappa shape index (κ3) is 5.13. The molecule has 5 nitrogen and oxygen atoms in total. The highest BCUT2D eigenvalue weighted by Crippen LogP contribution is 2.14. The first kappa shape index (κ1) is 16.5. The van der Waals surface area contributed by atoms with Gasteiger partial charge in [-0.3, -0.25) is 4.90 Å². The first-order valence-electron chi connectivity index (χ1n) is 7.36. The van der Waals surface area contributed by atoms with Gasteiger partial charge in [0, 0.05) is 38.0 Å². The van der Waals surface area contributed by atoms with E-state index < -0.39 is 0 Å². The van der Waals surface area contributed by atoms with Gasteiger partial charge in [-0.1, -0.05) is 0 Å². The predicted octanol–water partition coefficient (Wildman–Crippen LogP) is 2.59. The lowest BCUT2D eigenvalue weighted by Crippen LogP contribution is -2.49. The van der Waals surface area contributed by atoms with Gasteiger partial charge in [-0.05, 0) is 19.9 Å². The SMILES string of the molecule is CCOC(=O)N1CCN(CCCc2nc(CCl)cs2)CC1. The van der Waals surface area contributed by atoms with Crippen molar-refractivity contribution < 1.29 is 9.53 Å². The van der Waals surface area contributed by atoms with E-state index in [2.05, 4.69) is 9.88 Å². The molecule has 0 spiro atoms. The molecule has 2 heterocycles. The second kappa shape index (κ2) is 8.56. The number of carbonyl (C=O) groups excluding carboxylic acids is 1. The Morgan fingerprint density at radius 2 is 2.19 bits per heavy atom. The number of halogens is 1. The number of aryl methyl sites for hydroxylation is 1. The van der Waals surface area contributed by atoms with Crippen molar-refractivity contribution in [3.63, 3.8) is 0 Å². The number of alkyl halides is 1. The van der Waals surface area contributed by atoms with Crippen LogP contribution < -0.4 is 0 Å². The molecule has 0 N–H and O–H groups in total. The number of amides is 1. The third-order valence-electron chi connectivity index (χ3n) is 3.50. The highest BCUT2D eigenvalue weighted by atomic mass is 35.5. The van der Waals surface area contributed by atoms with Crippen molar-refractivity contribution >= 4 is 29.0 Å². The molecule has 0 atom stereocenters. The Bertz CT molecular complexity index is 447. The molecule has 7 heteroatoms. The van der Waals surface area contributed by atoms with Gasteiger partial charge < -0.3 is 9.64 Å². The molecule has 1 aliphatic rings. The topological polar surface area (TPSA) is 45.7 Å². The fourth-order valence-corrected chi connectivity index (χ4v) is 3.42. The van der Waals surface area contributed by atoms with Crippen molar-refractivity contribution in [2.24, 2.45) is 0 Å². The minimum Gasteiger partial charge on any atom is -0.450 e. The molecule has 1 saturated heterocycles. The van der Waals surface area contributed by atoms with Gasteiger partial charge >= 0.3 is 6.09 Å².